The van der Waals surface area contributed by atoms with Crippen molar-refractivity contribution in [1.29, 1.82) is 0 Å². The average Bonchev–Trinajstić information content (AvgIpc) is 2.82. The quantitative estimate of drug-likeness (QED) is 0.802. The van der Waals surface area contributed by atoms with E-state index in [1.54, 1.807) is 0 Å². The topological polar surface area (TPSA) is 106 Å². The van der Waals surface area contributed by atoms with Crippen molar-refractivity contribution >= 4 is 27.4 Å². The highest BCUT2D eigenvalue weighted by Crippen LogP contribution is 2.33. The molecule has 0 spiro atoms. The monoisotopic (exact) mass is 330 g/mol. The van der Waals surface area contributed by atoms with Crippen molar-refractivity contribution in [3.8, 4) is 0 Å². The number of allylic oxidation sites excluding steroid dienone is 4. The maximum atomic E-state index is 12.1. The molecule has 0 bridgehead atoms. The van der Waals surface area contributed by atoms with E-state index in [2.05, 4.69) is 5.32 Å². The maximum absolute atomic E-state index is 12.1. The lowest BCUT2D eigenvalue weighted by molar-refractivity contribution is -0.123. The lowest BCUT2D eigenvalue weighted by Gasteiger charge is -2.14. The van der Waals surface area contributed by atoms with Gasteiger partial charge in [0.15, 0.2) is 0 Å². The number of hydrogen-bond acceptors (Lipinski definition) is 4. The minimum absolute atomic E-state index is 0.0476. The normalized spacial score (nSPS) is 21.0. The molecule has 3 N–H and O–H groups in total. The van der Waals surface area contributed by atoms with Gasteiger partial charge in [0.25, 0.3) is 11.8 Å². The molecule has 2 aliphatic rings. The Hall–Kier alpha value is -2.51. The van der Waals surface area contributed by atoms with Gasteiger partial charge in [-0.1, -0.05) is 36.4 Å². The Morgan fingerprint density at radius 2 is 1.74 bits per heavy atom. The van der Waals surface area contributed by atoms with Crippen molar-refractivity contribution in [3.63, 3.8) is 0 Å². The number of nitrogens with one attached hydrogen (secondary N) is 1. The number of nitrogens with two attached hydrogens (primary N) is 1. The van der Waals surface area contributed by atoms with Gasteiger partial charge in [-0.3, -0.25) is 14.9 Å². The Morgan fingerprint density at radius 3 is 2.30 bits per heavy atom. The Balaban J connectivity index is 2.08. The van der Waals surface area contributed by atoms with Crippen molar-refractivity contribution in [3.05, 3.63) is 59.7 Å². The molecule has 6 nitrogen and oxygen atoms in total. The fourth-order valence-corrected chi connectivity index (χ4v) is 3.23. The van der Waals surface area contributed by atoms with Crippen LogP contribution in [-0.2, 0) is 19.6 Å². The molecule has 0 radical (unpaired) electrons. The minimum Gasteiger partial charge on any atom is -0.288 e. The number of amides is 2. The Kier molecular flexibility index (Phi) is 3.75. The van der Waals surface area contributed by atoms with Crippen molar-refractivity contribution < 1.29 is 18.0 Å². The molecule has 0 saturated heterocycles. The van der Waals surface area contributed by atoms with Gasteiger partial charge in [0.2, 0.25) is 10.0 Å². The SMILES string of the molecule is NS(=O)(=O)c1ccc(C2=C(C3C=CC=CC3)C(=O)NC2=O)cc1. The average molecular weight is 330 g/mol. The van der Waals surface area contributed by atoms with E-state index in [0.717, 1.165) is 0 Å². The van der Waals surface area contributed by atoms with Crippen LogP contribution < -0.4 is 10.5 Å². The van der Waals surface area contributed by atoms with Crippen molar-refractivity contribution in [1.82, 2.24) is 5.32 Å². The molecule has 1 aliphatic carbocycles. The Labute approximate surface area is 133 Å². The van der Waals surface area contributed by atoms with Crippen molar-refractivity contribution in [2.75, 3.05) is 0 Å². The molecule has 118 valence electrons. The molecule has 3 rings (SSSR count). The van der Waals surface area contributed by atoms with Gasteiger partial charge in [0.05, 0.1) is 10.5 Å². The van der Waals surface area contributed by atoms with Crippen LogP contribution in [0.25, 0.3) is 5.57 Å². The molecule has 0 aromatic heterocycles. The van der Waals surface area contributed by atoms with E-state index >= 15 is 0 Å². The summed E-state index contributed by atoms with van der Waals surface area (Å²) in [7, 11) is -3.81. The second kappa shape index (κ2) is 5.60. The standard InChI is InChI=1S/C16H14N2O4S/c17-23(21,22)12-8-6-11(7-9-12)14-13(15(19)18-16(14)20)10-4-2-1-3-5-10/h1-4,6-10H,5H2,(H2,17,21,22)(H,18,19,20). The van der Waals surface area contributed by atoms with Crippen molar-refractivity contribution in [2.45, 2.75) is 11.3 Å². The van der Waals surface area contributed by atoms with Gasteiger partial charge < -0.3 is 0 Å². The first kappa shape index (κ1) is 15.4. The molecular formula is C16H14N2O4S. The molecule has 7 heteroatoms. The summed E-state index contributed by atoms with van der Waals surface area (Å²) in [6.45, 7) is 0. The number of carbonyl (C=O) groups excluding carboxylic acids is 2. The van der Waals surface area contributed by atoms with Crippen LogP contribution in [0.2, 0.25) is 0 Å². The van der Waals surface area contributed by atoms with Crippen LogP contribution in [-0.4, -0.2) is 20.2 Å². The highest BCUT2D eigenvalue weighted by atomic mass is 32.2. The predicted molar refractivity (Wildman–Crippen MR) is 84.3 cm³/mol. The number of primary sulfonamides is 1. The molecule has 1 aromatic carbocycles. The van der Waals surface area contributed by atoms with E-state index in [-0.39, 0.29) is 16.4 Å². The predicted octanol–water partition coefficient (Wildman–Crippen LogP) is 0.876. The summed E-state index contributed by atoms with van der Waals surface area (Å²) in [6, 6.07) is 5.61. The first-order chi connectivity index (χ1) is 10.9. The molecule has 1 aliphatic heterocycles. The van der Waals surface area contributed by atoms with Gasteiger partial charge in [0.1, 0.15) is 0 Å². The fourth-order valence-electron chi connectivity index (χ4n) is 2.72. The molecule has 0 saturated carbocycles. The van der Waals surface area contributed by atoms with Crippen LogP contribution in [0, 0.1) is 5.92 Å². The van der Waals surface area contributed by atoms with Crippen LogP contribution in [0.15, 0.2) is 59.0 Å². The van der Waals surface area contributed by atoms with Crippen LogP contribution >= 0.6 is 0 Å². The second-order valence-electron chi connectivity index (χ2n) is 5.30. The van der Waals surface area contributed by atoms with Crippen LogP contribution in [0.5, 0.6) is 0 Å². The summed E-state index contributed by atoms with van der Waals surface area (Å²) in [5, 5.41) is 7.37. The lowest BCUT2D eigenvalue weighted by atomic mass is 9.87. The summed E-state index contributed by atoms with van der Waals surface area (Å²) in [5.41, 5.74) is 1.17. The largest absolute Gasteiger partial charge is 0.288 e. The molecule has 1 aromatic rings. The number of carbonyl (C=O) groups is 2. The molecule has 1 atom stereocenters. The van der Waals surface area contributed by atoms with E-state index in [1.807, 2.05) is 24.3 Å². The minimum atomic E-state index is -3.81. The van der Waals surface area contributed by atoms with Gasteiger partial charge in [-0.2, -0.15) is 0 Å². The maximum Gasteiger partial charge on any atom is 0.259 e. The summed E-state index contributed by atoms with van der Waals surface area (Å²) in [5.74, 6) is -1.07. The zero-order valence-electron chi connectivity index (χ0n) is 12.0. The summed E-state index contributed by atoms with van der Waals surface area (Å²) in [6.07, 6.45) is 8.14. The first-order valence-electron chi connectivity index (χ1n) is 6.94. The number of sulfonamides is 1. The third-order valence-electron chi connectivity index (χ3n) is 3.79. The Bertz CT molecular complexity index is 877. The molecule has 1 heterocycles. The van der Waals surface area contributed by atoms with Gasteiger partial charge in [-0.05, 0) is 24.1 Å². The van der Waals surface area contributed by atoms with E-state index in [1.165, 1.54) is 24.3 Å². The van der Waals surface area contributed by atoms with Gasteiger partial charge in [0, 0.05) is 11.5 Å². The number of hydrogen-bond donors (Lipinski definition) is 2. The van der Waals surface area contributed by atoms with Crippen molar-refractivity contribution in [2.24, 2.45) is 11.1 Å². The Morgan fingerprint density at radius 1 is 1.04 bits per heavy atom. The summed E-state index contributed by atoms with van der Waals surface area (Å²) in [4.78, 5) is 24.2. The van der Waals surface area contributed by atoms with Gasteiger partial charge >= 0.3 is 0 Å². The number of benzene rings is 1. The highest BCUT2D eigenvalue weighted by Gasteiger charge is 2.34. The third kappa shape index (κ3) is 2.88. The summed E-state index contributed by atoms with van der Waals surface area (Å²) < 4.78 is 22.6. The lowest BCUT2D eigenvalue weighted by Crippen LogP contribution is -2.24. The molecule has 0 fully saturated rings. The van der Waals surface area contributed by atoms with E-state index in [0.29, 0.717) is 17.6 Å². The van der Waals surface area contributed by atoms with E-state index < -0.39 is 21.8 Å². The highest BCUT2D eigenvalue weighted by molar-refractivity contribution is 7.89. The van der Waals surface area contributed by atoms with Crippen LogP contribution in [0.1, 0.15) is 12.0 Å². The molecular weight excluding hydrogens is 316 g/mol. The fraction of sp³-hybridized carbons (Fsp3) is 0.125. The zero-order chi connectivity index (χ0) is 16.6. The van der Waals surface area contributed by atoms with E-state index in [4.69, 9.17) is 5.14 Å². The van der Waals surface area contributed by atoms with Gasteiger partial charge in [-0.15, -0.1) is 0 Å². The second-order valence-corrected chi connectivity index (χ2v) is 6.86. The zero-order valence-corrected chi connectivity index (χ0v) is 12.8. The van der Waals surface area contributed by atoms with E-state index in [9.17, 15) is 18.0 Å². The molecule has 23 heavy (non-hydrogen) atoms. The number of rotatable bonds is 3. The summed E-state index contributed by atoms with van der Waals surface area (Å²) >= 11 is 0. The molecule has 2 amide bonds. The smallest absolute Gasteiger partial charge is 0.259 e. The van der Waals surface area contributed by atoms with Crippen LogP contribution in [0.3, 0.4) is 0 Å². The first-order valence-corrected chi connectivity index (χ1v) is 8.49. The third-order valence-corrected chi connectivity index (χ3v) is 4.72. The van der Waals surface area contributed by atoms with Crippen LogP contribution in [0.4, 0.5) is 0 Å². The molecule has 1 unspecified atom stereocenters. The van der Waals surface area contributed by atoms with Gasteiger partial charge in [-0.25, -0.2) is 13.6 Å². The number of imide groups is 1.